The topological polar surface area (TPSA) is 68.5 Å². The van der Waals surface area contributed by atoms with Crippen molar-refractivity contribution in [1.29, 1.82) is 0 Å². The zero-order valence-corrected chi connectivity index (χ0v) is 13.3. The van der Waals surface area contributed by atoms with E-state index in [0.717, 1.165) is 4.90 Å². The van der Waals surface area contributed by atoms with Crippen LogP contribution in [0.2, 0.25) is 0 Å². The smallest absolute Gasteiger partial charge is 0.341 e. The van der Waals surface area contributed by atoms with E-state index in [1.165, 1.54) is 25.1 Å². The molecule has 0 aliphatic rings. The Morgan fingerprint density at radius 3 is 2.83 bits per heavy atom. The summed E-state index contributed by atoms with van der Waals surface area (Å²) in [6.07, 6.45) is 6.59. The summed E-state index contributed by atoms with van der Waals surface area (Å²) >= 11 is 1.39. The highest BCUT2D eigenvalue weighted by Crippen LogP contribution is 2.28. The van der Waals surface area contributed by atoms with E-state index < -0.39 is 5.97 Å². The van der Waals surface area contributed by atoms with E-state index in [2.05, 4.69) is 11.2 Å². The number of carbonyl (C=O) groups is 2. The zero-order valence-electron chi connectivity index (χ0n) is 12.5. The molecule has 0 saturated heterocycles. The van der Waals surface area contributed by atoms with Crippen molar-refractivity contribution in [2.24, 2.45) is 0 Å². The molecule has 0 bridgehead atoms. The first-order valence-corrected chi connectivity index (χ1v) is 7.74. The van der Waals surface area contributed by atoms with Gasteiger partial charge in [0.2, 0.25) is 0 Å². The van der Waals surface area contributed by atoms with Gasteiger partial charge in [0.15, 0.2) is 0 Å². The molecule has 2 rings (SSSR count). The Kier molecular flexibility index (Phi) is 5.89. The number of nitrogens with one attached hydrogen (secondary N) is 1. The monoisotopic (exact) mass is 329 g/mol. The van der Waals surface area contributed by atoms with Crippen molar-refractivity contribution in [2.75, 3.05) is 13.7 Å². The summed E-state index contributed by atoms with van der Waals surface area (Å²) < 4.78 is 10.0. The molecule has 0 saturated carbocycles. The minimum Gasteiger partial charge on any atom is -0.468 e. The lowest BCUT2D eigenvalue weighted by Gasteiger charge is -2.08. The number of methoxy groups -OCH3 is 1. The molecule has 1 N–H and O–H groups in total. The number of carbonyl (C=O) groups excluding carboxylic acids is 2. The Morgan fingerprint density at radius 1 is 1.30 bits per heavy atom. The van der Waals surface area contributed by atoms with Crippen LogP contribution in [0.25, 0.3) is 0 Å². The van der Waals surface area contributed by atoms with Crippen molar-refractivity contribution in [3.8, 4) is 12.3 Å². The lowest BCUT2D eigenvalue weighted by atomic mass is 10.2. The van der Waals surface area contributed by atoms with E-state index in [1.807, 2.05) is 12.1 Å². The summed E-state index contributed by atoms with van der Waals surface area (Å²) in [6, 6.07) is 8.73. The summed E-state index contributed by atoms with van der Waals surface area (Å²) in [5.41, 5.74) is 0.910. The van der Waals surface area contributed by atoms with Gasteiger partial charge in [-0.05, 0) is 18.2 Å². The average Bonchev–Trinajstić information content (AvgIpc) is 3.06. The highest BCUT2D eigenvalue weighted by Gasteiger charge is 2.17. The van der Waals surface area contributed by atoms with E-state index in [0.29, 0.717) is 22.6 Å². The van der Waals surface area contributed by atoms with Gasteiger partial charge in [0.05, 0.1) is 31.2 Å². The molecule has 2 aromatic rings. The van der Waals surface area contributed by atoms with Gasteiger partial charge < -0.3 is 14.5 Å². The maximum atomic E-state index is 12.1. The van der Waals surface area contributed by atoms with Gasteiger partial charge in [0.1, 0.15) is 11.3 Å². The molecule has 0 aliphatic carbocycles. The van der Waals surface area contributed by atoms with E-state index >= 15 is 0 Å². The van der Waals surface area contributed by atoms with Gasteiger partial charge >= 0.3 is 5.97 Å². The highest BCUT2D eigenvalue weighted by atomic mass is 32.2. The molecule has 0 unspecified atom stereocenters. The Balaban J connectivity index is 2.13. The maximum absolute atomic E-state index is 12.1. The van der Waals surface area contributed by atoms with Crippen LogP contribution >= 0.6 is 11.8 Å². The number of terminal acetylenes is 1. The van der Waals surface area contributed by atoms with Gasteiger partial charge in [0.25, 0.3) is 5.91 Å². The SMILES string of the molecule is C#CCNC(=O)c1ccccc1SCc1occc1C(=O)OC. The molecule has 0 aliphatic heterocycles. The van der Waals surface area contributed by atoms with Crippen LogP contribution in [-0.4, -0.2) is 25.5 Å². The van der Waals surface area contributed by atoms with Crippen LogP contribution in [0.5, 0.6) is 0 Å². The van der Waals surface area contributed by atoms with E-state index in [4.69, 9.17) is 15.6 Å². The second-order valence-corrected chi connectivity index (χ2v) is 5.44. The average molecular weight is 329 g/mol. The number of furan rings is 1. The third-order valence-electron chi connectivity index (χ3n) is 2.99. The van der Waals surface area contributed by atoms with E-state index in [-0.39, 0.29) is 12.5 Å². The van der Waals surface area contributed by atoms with Crippen LogP contribution in [0.1, 0.15) is 26.5 Å². The summed E-state index contributed by atoms with van der Waals surface area (Å²) in [5, 5.41) is 2.64. The minimum absolute atomic E-state index is 0.169. The first kappa shape index (κ1) is 16.7. The molecule has 0 atom stereocenters. The van der Waals surface area contributed by atoms with Crippen LogP contribution in [0.3, 0.4) is 0 Å². The van der Waals surface area contributed by atoms with Crippen LogP contribution in [0.4, 0.5) is 0 Å². The minimum atomic E-state index is -0.450. The Labute approximate surface area is 138 Å². The molecule has 1 aromatic carbocycles. The Hall–Kier alpha value is -2.65. The number of esters is 1. The summed E-state index contributed by atoms with van der Waals surface area (Å²) in [4.78, 5) is 24.5. The van der Waals surface area contributed by atoms with E-state index in [1.54, 1.807) is 18.2 Å². The first-order valence-electron chi connectivity index (χ1n) is 6.75. The van der Waals surface area contributed by atoms with Crippen LogP contribution in [0.15, 0.2) is 45.9 Å². The second kappa shape index (κ2) is 8.11. The molecule has 118 valence electrons. The molecule has 1 amide bonds. The van der Waals surface area contributed by atoms with Gasteiger partial charge in [-0.3, -0.25) is 4.79 Å². The largest absolute Gasteiger partial charge is 0.468 e. The third-order valence-corrected chi connectivity index (χ3v) is 4.07. The standard InChI is InChI=1S/C17H15NO4S/c1-3-9-18-16(19)13-6-4-5-7-15(13)23-11-14-12(8-10-22-14)17(20)21-2/h1,4-8,10H,9,11H2,2H3,(H,18,19). The number of hydrogen-bond donors (Lipinski definition) is 1. The number of thioether (sulfide) groups is 1. The molecule has 0 fully saturated rings. The highest BCUT2D eigenvalue weighted by molar-refractivity contribution is 7.98. The zero-order chi connectivity index (χ0) is 16.7. The molecule has 0 spiro atoms. The summed E-state index contributed by atoms with van der Waals surface area (Å²) in [6.45, 7) is 0.169. The third kappa shape index (κ3) is 4.18. The van der Waals surface area contributed by atoms with Gasteiger partial charge in [-0.25, -0.2) is 4.79 Å². The first-order chi connectivity index (χ1) is 11.2. The van der Waals surface area contributed by atoms with Crippen molar-refractivity contribution in [1.82, 2.24) is 5.32 Å². The van der Waals surface area contributed by atoms with Gasteiger partial charge in [-0.1, -0.05) is 18.1 Å². The fourth-order valence-electron chi connectivity index (χ4n) is 1.89. The number of hydrogen-bond acceptors (Lipinski definition) is 5. The lowest BCUT2D eigenvalue weighted by molar-refractivity contribution is 0.0598. The second-order valence-electron chi connectivity index (χ2n) is 4.42. The molecule has 23 heavy (non-hydrogen) atoms. The predicted octanol–water partition coefficient (Wildman–Crippen LogP) is 2.72. The van der Waals surface area contributed by atoms with Crippen molar-refractivity contribution in [3.05, 3.63) is 53.5 Å². The number of amides is 1. The molecule has 1 heterocycles. The molecule has 5 nitrogen and oxygen atoms in total. The summed E-state index contributed by atoms with van der Waals surface area (Å²) in [7, 11) is 1.32. The lowest BCUT2D eigenvalue weighted by Crippen LogP contribution is -2.24. The molecule has 6 heteroatoms. The van der Waals surface area contributed by atoms with Crippen LogP contribution < -0.4 is 5.32 Å². The predicted molar refractivity (Wildman–Crippen MR) is 87.2 cm³/mol. The van der Waals surface area contributed by atoms with Crippen molar-refractivity contribution in [3.63, 3.8) is 0 Å². The Morgan fingerprint density at radius 2 is 2.09 bits per heavy atom. The maximum Gasteiger partial charge on any atom is 0.341 e. The number of benzene rings is 1. The molecule has 0 radical (unpaired) electrons. The molecular weight excluding hydrogens is 314 g/mol. The van der Waals surface area contributed by atoms with Crippen molar-refractivity contribution < 1.29 is 18.7 Å². The Bertz CT molecular complexity index is 745. The summed E-state index contributed by atoms with van der Waals surface area (Å²) in [5.74, 6) is 2.58. The fraction of sp³-hybridized carbons (Fsp3) is 0.176. The van der Waals surface area contributed by atoms with Crippen molar-refractivity contribution in [2.45, 2.75) is 10.6 Å². The van der Waals surface area contributed by atoms with Gasteiger partial charge in [0, 0.05) is 4.90 Å². The fourth-order valence-corrected chi connectivity index (χ4v) is 2.90. The van der Waals surface area contributed by atoms with E-state index in [9.17, 15) is 9.59 Å². The van der Waals surface area contributed by atoms with Crippen LogP contribution in [0, 0.1) is 12.3 Å². The van der Waals surface area contributed by atoms with Crippen LogP contribution in [-0.2, 0) is 10.5 Å². The molecule has 1 aromatic heterocycles. The quantitative estimate of drug-likeness (QED) is 0.501. The van der Waals surface area contributed by atoms with Gasteiger partial charge in [-0.15, -0.1) is 18.2 Å². The number of ether oxygens (including phenoxy) is 1. The normalized spacial score (nSPS) is 9.91. The molecular formula is C17H15NO4S. The number of rotatable bonds is 6. The van der Waals surface area contributed by atoms with Crippen molar-refractivity contribution >= 4 is 23.6 Å². The van der Waals surface area contributed by atoms with Gasteiger partial charge in [-0.2, -0.15) is 0 Å².